The van der Waals surface area contributed by atoms with Gasteiger partial charge in [-0.1, -0.05) is 12.5 Å². The van der Waals surface area contributed by atoms with E-state index in [4.69, 9.17) is 5.73 Å². The monoisotopic (exact) mass is 388 g/mol. The molecule has 0 aliphatic carbocycles. The summed E-state index contributed by atoms with van der Waals surface area (Å²) >= 11 is 0. The summed E-state index contributed by atoms with van der Waals surface area (Å²) in [5.74, 6) is -0.550. The average molecular weight is 389 g/mol. The fourth-order valence-electron chi connectivity index (χ4n) is 2.74. The maximum Gasteiger partial charge on any atom is 0.573 e. The highest BCUT2D eigenvalue weighted by molar-refractivity contribution is 7.89. The minimum Gasteiger partial charge on any atom is -0.406 e. The third kappa shape index (κ3) is 5.23. The van der Waals surface area contributed by atoms with Gasteiger partial charge >= 0.3 is 6.36 Å². The molecule has 1 aromatic rings. The van der Waals surface area contributed by atoms with Crippen molar-refractivity contribution in [1.29, 1.82) is 0 Å². The first-order valence-electron chi connectivity index (χ1n) is 7.32. The number of nitrogens with two attached hydrogens (primary N) is 1. The highest BCUT2D eigenvalue weighted by Gasteiger charge is 2.34. The van der Waals surface area contributed by atoms with Crippen LogP contribution in [0.5, 0.6) is 5.75 Å². The Balaban J connectivity index is 0.00000288. The second-order valence-corrected chi connectivity index (χ2v) is 7.26. The van der Waals surface area contributed by atoms with Crippen LogP contribution in [0.25, 0.3) is 0 Å². The van der Waals surface area contributed by atoms with E-state index in [0.29, 0.717) is 25.9 Å². The fraction of sp³-hybridized carbons (Fsp3) is 0.571. The van der Waals surface area contributed by atoms with E-state index in [0.717, 1.165) is 25.0 Å². The maximum absolute atomic E-state index is 12.7. The van der Waals surface area contributed by atoms with Gasteiger partial charge in [0, 0.05) is 18.7 Å². The van der Waals surface area contributed by atoms with Crippen molar-refractivity contribution in [3.8, 4) is 5.75 Å². The minimum atomic E-state index is -4.87. The average Bonchev–Trinajstić information content (AvgIpc) is 2.46. The molecule has 0 bridgehead atoms. The van der Waals surface area contributed by atoms with Crippen LogP contribution in [-0.2, 0) is 10.0 Å². The zero-order valence-corrected chi connectivity index (χ0v) is 14.5. The minimum absolute atomic E-state index is 0. The number of nitrogens with zero attached hydrogens (tertiary/aromatic N) is 1. The largest absolute Gasteiger partial charge is 0.573 e. The molecule has 1 atom stereocenters. The lowest BCUT2D eigenvalue weighted by Gasteiger charge is -2.34. The van der Waals surface area contributed by atoms with E-state index in [1.54, 1.807) is 0 Å². The molecule has 1 aliphatic heterocycles. The molecule has 1 unspecified atom stereocenters. The Hall–Kier alpha value is -1.03. The summed E-state index contributed by atoms with van der Waals surface area (Å²) in [4.78, 5) is -0.205. The molecule has 2 rings (SSSR count). The van der Waals surface area contributed by atoms with Crippen LogP contribution in [0.4, 0.5) is 13.2 Å². The van der Waals surface area contributed by atoms with E-state index in [-0.39, 0.29) is 23.3 Å². The summed E-state index contributed by atoms with van der Waals surface area (Å²) in [6.45, 7) is 0.700. The summed E-state index contributed by atoms with van der Waals surface area (Å²) in [7, 11) is -3.88. The van der Waals surface area contributed by atoms with Crippen LogP contribution in [0.1, 0.15) is 25.7 Å². The first-order chi connectivity index (χ1) is 10.7. The van der Waals surface area contributed by atoms with Gasteiger partial charge in [0.25, 0.3) is 0 Å². The number of halogens is 4. The summed E-state index contributed by atoms with van der Waals surface area (Å²) in [5, 5.41) is 0. The Morgan fingerprint density at radius 1 is 1.29 bits per heavy atom. The van der Waals surface area contributed by atoms with Gasteiger partial charge in [-0.05, 0) is 37.9 Å². The second kappa shape index (κ2) is 8.37. The molecular formula is C14H20ClF3N2O3S. The first-order valence-corrected chi connectivity index (χ1v) is 8.76. The van der Waals surface area contributed by atoms with Crippen LogP contribution < -0.4 is 10.5 Å². The van der Waals surface area contributed by atoms with Crippen LogP contribution >= 0.6 is 12.4 Å². The number of alkyl halides is 3. The van der Waals surface area contributed by atoms with Crippen molar-refractivity contribution in [3.63, 3.8) is 0 Å². The predicted octanol–water partition coefficient (Wildman–Crippen LogP) is 2.90. The van der Waals surface area contributed by atoms with Gasteiger partial charge in [0.1, 0.15) is 5.75 Å². The third-order valence-corrected chi connectivity index (χ3v) is 5.67. The van der Waals surface area contributed by atoms with Gasteiger partial charge in [0.05, 0.1) is 4.90 Å². The number of piperidine rings is 1. The normalized spacial score (nSPS) is 19.6. The smallest absolute Gasteiger partial charge is 0.406 e. The Morgan fingerprint density at radius 2 is 2.00 bits per heavy atom. The van der Waals surface area contributed by atoms with Gasteiger partial charge in [-0.3, -0.25) is 0 Å². The Bertz CT molecular complexity index is 638. The number of hydrogen-bond donors (Lipinski definition) is 1. The topological polar surface area (TPSA) is 72.6 Å². The molecule has 10 heteroatoms. The lowest BCUT2D eigenvalue weighted by Crippen LogP contribution is -2.44. The summed E-state index contributed by atoms with van der Waals surface area (Å²) in [5.41, 5.74) is 5.53. The van der Waals surface area contributed by atoms with E-state index >= 15 is 0 Å². The van der Waals surface area contributed by atoms with Crippen LogP contribution in [-0.4, -0.2) is 38.2 Å². The maximum atomic E-state index is 12.7. The van der Waals surface area contributed by atoms with Crippen molar-refractivity contribution in [3.05, 3.63) is 24.3 Å². The van der Waals surface area contributed by atoms with Gasteiger partial charge in [-0.25, -0.2) is 8.42 Å². The number of sulfonamides is 1. The van der Waals surface area contributed by atoms with Gasteiger partial charge < -0.3 is 10.5 Å². The molecule has 24 heavy (non-hydrogen) atoms. The van der Waals surface area contributed by atoms with E-state index in [2.05, 4.69) is 4.74 Å². The molecule has 0 amide bonds. The molecular weight excluding hydrogens is 369 g/mol. The van der Waals surface area contributed by atoms with Gasteiger partial charge in [0.2, 0.25) is 10.0 Å². The number of rotatable bonds is 5. The molecule has 5 nitrogen and oxygen atoms in total. The van der Waals surface area contributed by atoms with Crippen LogP contribution in [0.3, 0.4) is 0 Å². The van der Waals surface area contributed by atoms with Gasteiger partial charge in [0.15, 0.2) is 0 Å². The molecule has 1 heterocycles. The highest BCUT2D eigenvalue weighted by Crippen LogP contribution is 2.30. The van der Waals surface area contributed by atoms with Crippen molar-refractivity contribution < 1.29 is 26.3 Å². The Kier molecular flexibility index (Phi) is 7.33. The van der Waals surface area contributed by atoms with E-state index in [1.807, 2.05) is 0 Å². The summed E-state index contributed by atoms with van der Waals surface area (Å²) < 4.78 is 67.5. The molecule has 1 saturated heterocycles. The molecule has 2 N–H and O–H groups in total. The van der Waals surface area contributed by atoms with Crippen molar-refractivity contribution >= 4 is 22.4 Å². The van der Waals surface area contributed by atoms with Crippen molar-refractivity contribution in [2.75, 3.05) is 13.1 Å². The summed E-state index contributed by atoms with van der Waals surface area (Å²) in [6.07, 6.45) is -2.00. The molecule has 1 fully saturated rings. The van der Waals surface area contributed by atoms with Crippen molar-refractivity contribution in [2.24, 2.45) is 5.73 Å². The highest BCUT2D eigenvalue weighted by atomic mass is 35.5. The number of hydrogen-bond acceptors (Lipinski definition) is 4. The summed E-state index contributed by atoms with van der Waals surface area (Å²) in [6, 6.07) is 4.26. The lowest BCUT2D eigenvalue weighted by molar-refractivity contribution is -0.274. The fourth-order valence-corrected chi connectivity index (χ4v) is 4.50. The second-order valence-electron chi connectivity index (χ2n) is 5.37. The van der Waals surface area contributed by atoms with E-state index in [1.165, 1.54) is 16.4 Å². The zero-order valence-electron chi connectivity index (χ0n) is 12.8. The molecule has 0 aromatic heterocycles. The van der Waals surface area contributed by atoms with Gasteiger partial charge in [-0.15, -0.1) is 25.6 Å². The SMILES string of the molecule is Cl.NCCC1CCCCN1S(=O)(=O)c1cccc(OC(F)(F)F)c1. The first kappa shape index (κ1) is 21.0. The van der Waals surface area contributed by atoms with E-state index in [9.17, 15) is 21.6 Å². The Morgan fingerprint density at radius 3 is 2.62 bits per heavy atom. The van der Waals surface area contributed by atoms with Crippen molar-refractivity contribution in [1.82, 2.24) is 4.31 Å². The molecule has 138 valence electrons. The molecule has 0 radical (unpaired) electrons. The third-order valence-electron chi connectivity index (χ3n) is 3.72. The number of benzene rings is 1. The molecule has 0 spiro atoms. The quantitative estimate of drug-likeness (QED) is 0.841. The predicted molar refractivity (Wildman–Crippen MR) is 85.6 cm³/mol. The van der Waals surface area contributed by atoms with Crippen LogP contribution in [0, 0.1) is 0 Å². The van der Waals surface area contributed by atoms with Crippen LogP contribution in [0.2, 0.25) is 0 Å². The van der Waals surface area contributed by atoms with E-state index < -0.39 is 22.1 Å². The van der Waals surface area contributed by atoms with Crippen molar-refractivity contribution in [2.45, 2.75) is 43.0 Å². The van der Waals surface area contributed by atoms with Crippen LogP contribution in [0.15, 0.2) is 29.2 Å². The Labute approximate surface area is 145 Å². The molecule has 1 aromatic carbocycles. The molecule has 0 saturated carbocycles. The zero-order chi connectivity index (χ0) is 17.1. The lowest BCUT2D eigenvalue weighted by atomic mass is 10.0. The van der Waals surface area contributed by atoms with Gasteiger partial charge in [-0.2, -0.15) is 4.31 Å². The molecule has 1 aliphatic rings. The number of ether oxygens (including phenoxy) is 1. The standard InChI is InChI=1S/C14H19F3N2O3S.ClH/c15-14(16,17)22-12-5-3-6-13(10-12)23(20,21)19-9-2-1-4-11(19)7-8-18;/h3,5-6,10-11H,1-2,4,7-9,18H2;1H.